The van der Waals surface area contributed by atoms with Gasteiger partial charge < -0.3 is 21.3 Å². The minimum absolute atomic E-state index is 0.443. The number of rotatable bonds is 4. The first-order valence-electron chi connectivity index (χ1n) is 10.6. The van der Waals surface area contributed by atoms with E-state index >= 15 is 0 Å². The van der Waals surface area contributed by atoms with E-state index in [0.29, 0.717) is 12.5 Å². The highest BCUT2D eigenvalue weighted by Gasteiger charge is 2.43. The third-order valence-corrected chi connectivity index (χ3v) is 6.06. The van der Waals surface area contributed by atoms with E-state index in [1.165, 1.54) is 0 Å². The summed E-state index contributed by atoms with van der Waals surface area (Å²) in [6.07, 6.45) is 14.2. The van der Waals surface area contributed by atoms with Crippen LogP contribution in [0.15, 0.2) is 107 Å². The van der Waals surface area contributed by atoms with Crippen molar-refractivity contribution in [3.8, 4) is 0 Å². The minimum atomic E-state index is -0.833. The molecule has 4 N–H and O–H groups in total. The number of hydrogen-bond acceptors (Lipinski definition) is 6. The predicted octanol–water partition coefficient (Wildman–Crippen LogP) is 3.39. The average molecular weight is 411 g/mol. The lowest BCUT2D eigenvalue weighted by atomic mass is 9.82. The number of aliphatic imine (C=N–C) groups is 1. The van der Waals surface area contributed by atoms with Gasteiger partial charge in [0.05, 0.1) is 5.70 Å². The predicted molar refractivity (Wildman–Crippen MR) is 125 cm³/mol. The highest BCUT2D eigenvalue weighted by molar-refractivity contribution is 5.83. The Labute approximate surface area is 182 Å². The zero-order valence-electron chi connectivity index (χ0n) is 17.4. The third kappa shape index (κ3) is 3.45. The van der Waals surface area contributed by atoms with E-state index in [9.17, 15) is 0 Å². The first-order chi connectivity index (χ1) is 15.2. The lowest BCUT2D eigenvalue weighted by molar-refractivity contribution is 0.220. The number of guanidine groups is 1. The molecule has 1 atom stereocenters. The van der Waals surface area contributed by atoms with E-state index < -0.39 is 5.66 Å². The molecule has 0 bridgehead atoms. The summed E-state index contributed by atoms with van der Waals surface area (Å²) >= 11 is 0. The molecule has 0 fully saturated rings. The van der Waals surface area contributed by atoms with Gasteiger partial charge >= 0.3 is 0 Å². The molecular weight excluding hydrogens is 384 g/mol. The number of allylic oxidation sites excluding steroid dienone is 2. The normalized spacial score (nSPS) is 22.9. The van der Waals surface area contributed by atoms with Crippen LogP contribution in [0.5, 0.6) is 0 Å². The van der Waals surface area contributed by atoms with Crippen LogP contribution in [-0.2, 0) is 5.66 Å². The van der Waals surface area contributed by atoms with Crippen molar-refractivity contribution in [2.45, 2.75) is 18.5 Å². The van der Waals surface area contributed by atoms with Crippen molar-refractivity contribution in [3.05, 3.63) is 108 Å². The Kier molecular flexibility index (Phi) is 4.92. The molecule has 1 aromatic heterocycles. The fourth-order valence-electron chi connectivity index (χ4n) is 4.42. The highest BCUT2D eigenvalue weighted by atomic mass is 15.4. The maximum atomic E-state index is 7.21. The summed E-state index contributed by atoms with van der Waals surface area (Å²) in [5.41, 5.74) is 17.0. The van der Waals surface area contributed by atoms with Gasteiger partial charge in [-0.15, -0.1) is 0 Å². The minimum Gasteiger partial charge on any atom is -0.369 e. The van der Waals surface area contributed by atoms with Gasteiger partial charge in [0, 0.05) is 31.1 Å². The number of nitrogens with zero attached hydrogens (tertiary/aromatic N) is 4. The van der Waals surface area contributed by atoms with Gasteiger partial charge in [-0.1, -0.05) is 48.6 Å². The highest BCUT2D eigenvalue weighted by Crippen LogP contribution is 2.41. The van der Waals surface area contributed by atoms with Gasteiger partial charge in [-0.25, -0.2) is 9.98 Å². The molecule has 0 saturated carbocycles. The lowest BCUT2D eigenvalue weighted by Gasteiger charge is -2.47. The number of aromatic nitrogens is 1. The van der Waals surface area contributed by atoms with Crippen LogP contribution in [-0.4, -0.2) is 28.9 Å². The van der Waals surface area contributed by atoms with Crippen molar-refractivity contribution >= 4 is 11.8 Å². The molecule has 2 aromatic rings. The Hall–Kier alpha value is -3.64. The van der Waals surface area contributed by atoms with E-state index in [4.69, 9.17) is 16.5 Å². The van der Waals surface area contributed by atoms with E-state index in [1.54, 1.807) is 6.20 Å². The van der Waals surface area contributed by atoms with Crippen molar-refractivity contribution in [3.63, 3.8) is 0 Å². The van der Waals surface area contributed by atoms with Gasteiger partial charge in [-0.3, -0.25) is 0 Å². The number of nitrogens with two attached hydrogens (primary N) is 2. The van der Waals surface area contributed by atoms with Crippen LogP contribution in [0.1, 0.15) is 18.4 Å². The van der Waals surface area contributed by atoms with Gasteiger partial charge in [-0.2, -0.15) is 0 Å². The molecule has 1 aliphatic carbocycles. The summed E-state index contributed by atoms with van der Waals surface area (Å²) in [5, 5.41) is 0. The van der Waals surface area contributed by atoms with Crippen LogP contribution in [0, 0.1) is 0 Å². The molecular formula is C25H26N6. The summed E-state index contributed by atoms with van der Waals surface area (Å²) in [6, 6.07) is 16.1. The summed E-state index contributed by atoms with van der Waals surface area (Å²) in [7, 11) is 0. The Morgan fingerprint density at radius 2 is 1.87 bits per heavy atom. The molecule has 0 amide bonds. The topological polar surface area (TPSA) is 83.8 Å². The van der Waals surface area contributed by atoms with Gasteiger partial charge in [-0.05, 0) is 48.3 Å². The zero-order valence-corrected chi connectivity index (χ0v) is 17.4. The zero-order chi connectivity index (χ0) is 21.3. The smallest absolute Gasteiger partial charge is 0.198 e. The second-order valence-corrected chi connectivity index (χ2v) is 7.93. The second-order valence-electron chi connectivity index (χ2n) is 7.93. The molecule has 156 valence electrons. The van der Waals surface area contributed by atoms with E-state index in [2.05, 4.69) is 46.4 Å². The quantitative estimate of drug-likeness (QED) is 0.807. The molecule has 6 heteroatoms. The van der Waals surface area contributed by atoms with Crippen LogP contribution in [0.4, 0.5) is 5.82 Å². The first kappa shape index (κ1) is 19.3. The number of benzene rings is 1. The molecule has 0 spiro atoms. The van der Waals surface area contributed by atoms with E-state index in [-0.39, 0.29) is 0 Å². The summed E-state index contributed by atoms with van der Waals surface area (Å²) < 4.78 is 0. The average Bonchev–Trinajstić information content (AvgIpc) is 2.83. The van der Waals surface area contributed by atoms with Crippen LogP contribution < -0.4 is 16.4 Å². The summed E-state index contributed by atoms with van der Waals surface area (Å²) in [6.45, 7) is 1.32. The molecule has 1 unspecified atom stereocenters. The van der Waals surface area contributed by atoms with Gasteiger partial charge in [0.25, 0.3) is 0 Å². The van der Waals surface area contributed by atoms with Crippen molar-refractivity contribution in [1.29, 1.82) is 0 Å². The Morgan fingerprint density at radius 1 is 1.03 bits per heavy atom. The fourth-order valence-corrected chi connectivity index (χ4v) is 4.42. The van der Waals surface area contributed by atoms with Crippen molar-refractivity contribution < 1.29 is 0 Å². The van der Waals surface area contributed by atoms with Crippen LogP contribution in [0.25, 0.3) is 0 Å². The van der Waals surface area contributed by atoms with Crippen LogP contribution in [0.2, 0.25) is 0 Å². The standard InChI is InChI=1S/C25H26N6/c26-24-29-22-11-5-4-10-21(22)25(27,20-8-2-1-3-9-20)31(24)18-19-13-16-30(17-14-19)23-12-6-7-15-28-23/h1-3,5-9,11-16H,4,10,17-18,27H2,(H2,26,29). The van der Waals surface area contributed by atoms with Gasteiger partial charge in [0.2, 0.25) is 0 Å². The number of hydrogen-bond donors (Lipinski definition) is 2. The SMILES string of the molecule is NC1=NC2=C(CCC=C2)C(N)(c2ccccc2)N1CC1=CCN(c2ccccn2)C=C1. The monoisotopic (exact) mass is 410 g/mol. The molecule has 3 aliphatic rings. The molecule has 1 aromatic carbocycles. The van der Waals surface area contributed by atoms with Crippen molar-refractivity contribution in [2.24, 2.45) is 16.5 Å². The molecule has 0 radical (unpaired) electrons. The number of pyridine rings is 1. The fraction of sp³-hybridized carbons (Fsp3) is 0.200. The molecule has 2 aliphatic heterocycles. The van der Waals surface area contributed by atoms with Crippen LogP contribution >= 0.6 is 0 Å². The number of anilines is 1. The first-order valence-corrected chi connectivity index (χ1v) is 10.6. The summed E-state index contributed by atoms with van der Waals surface area (Å²) in [5.74, 6) is 1.37. The maximum absolute atomic E-state index is 7.21. The van der Waals surface area contributed by atoms with Crippen molar-refractivity contribution in [1.82, 2.24) is 9.88 Å². The van der Waals surface area contributed by atoms with Crippen LogP contribution in [0.3, 0.4) is 0 Å². The molecule has 6 nitrogen and oxygen atoms in total. The molecule has 3 heterocycles. The Balaban J connectivity index is 1.46. The Morgan fingerprint density at radius 3 is 2.61 bits per heavy atom. The maximum Gasteiger partial charge on any atom is 0.198 e. The van der Waals surface area contributed by atoms with E-state index in [1.807, 2.05) is 47.4 Å². The van der Waals surface area contributed by atoms with Gasteiger partial charge in [0.1, 0.15) is 11.5 Å². The Bertz CT molecular complexity index is 1110. The van der Waals surface area contributed by atoms with Gasteiger partial charge in [0.15, 0.2) is 5.96 Å². The van der Waals surface area contributed by atoms with Crippen molar-refractivity contribution in [2.75, 3.05) is 18.0 Å². The summed E-state index contributed by atoms with van der Waals surface area (Å²) in [4.78, 5) is 13.3. The second kappa shape index (κ2) is 7.89. The largest absolute Gasteiger partial charge is 0.369 e. The molecule has 0 saturated heterocycles. The molecule has 5 rings (SSSR count). The lowest BCUT2D eigenvalue weighted by Crippen LogP contribution is -2.61. The van der Waals surface area contributed by atoms with E-state index in [0.717, 1.165) is 47.6 Å². The molecule has 31 heavy (non-hydrogen) atoms. The third-order valence-electron chi connectivity index (χ3n) is 6.06.